The summed E-state index contributed by atoms with van der Waals surface area (Å²) >= 11 is 0. The van der Waals surface area contributed by atoms with Gasteiger partial charge >= 0.3 is 5.97 Å². The number of benzene rings is 1. The molecule has 0 radical (unpaired) electrons. The van der Waals surface area contributed by atoms with E-state index in [1.807, 2.05) is 52.1 Å². The van der Waals surface area contributed by atoms with Crippen LogP contribution < -0.4 is 5.32 Å². The number of hydrogen-bond donors (Lipinski definition) is 2. The molecule has 112 valence electrons. The second-order valence-corrected chi connectivity index (χ2v) is 5.16. The van der Waals surface area contributed by atoms with Gasteiger partial charge in [0.1, 0.15) is 0 Å². The summed E-state index contributed by atoms with van der Waals surface area (Å²) in [6, 6.07) is 7.69. The lowest BCUT2D eigenvalue weighted by Gasteiger charge is -2.20. The number of hydrogen-bond acceptors (Lipinski definition) is 4. The van der Waals surface area contributed by atoms with Gasteiger partial charge in [-0.15, -0.1) is 0 Å². The molecule has 0 fully saturated rings. The van der Waals surface area contributed by atoms with E-state index >= 15 is 0 Å². The molecule has 2 N–H and O–H groups in total. The normalized spacial score (nSPS) is 14.1. The Hall–Kier alpha value is -1.39. The van der Waals surface area contributed by atoms with Crippen LogP contribution in [0.2, 0.25) is 0 Å². The number of rotatable bonds is 7. The van der Waals surface area contributed by atoms with Gasteiger partial charge < -0.3 is 15.2 Å². The van der Waals surface area contributed by atoms with Gasteiger partial charge in [-0.05, 0) is 31.0 Å². The smallest absolute Gasteiger partial charge is 0.313 e. The first kappa shape index (κ1) is 16.7. The molecule has 0 bridgehead atoms. The number of ether oxygens (including phenoxy) is 1. The van der Waals surface area contributed by atoms with Crippen LogP contribution in [0.15, 0.2) is 24.3 Å². The molecule has 1 rings (SSSR count). The predicted molar refractivity (Wildman–Crippen MR) is 79.5 cm³/mol. The molecular weight excluding hydrogens is 254 g/mol. The Balaban J connectivity index is 2.96. The molecule has 0 aliphatic heterocycles. The summed E-state index contributed by atoms with van der Waals surface area (Å²) in [5, 5.41) is 12.3. The van der Waals surface area contributed by atoms with Crippen molar-refractivity contribution < 1.29 is 14.6 Å². The molecule has 0 aliphatic carbocycles. The maximum Gasteiger partial charge on any atom is 0.313 e. The van der Waals surface area contributed by atoms with Gasteiger partial charge in [0.15, 0.2) is 0 Å². The van der Waals surface area contributed by atoms with E-state index in [9.17, 15) is 9.90 Å². The summed E-state index contributed by atoms with van der Waals surface area (Å²) in [6.07, 6.45) is 0. The summed E-state index contributed by atoms with van der Waals surface area (Å²) < 4.78 is 5.15. The second-order valence-electron chi connectivity index (χ2n) is 5.16. The molecular formula is C16H25NO3. The lowest BCUT2D eigenvalue weighted by Crippen LogP contribution is -2.22. The Morgan fingerprint density at radius 2 is 1.80 bits per heavy atom. The lowest BCUT2D eigenvalue weighted by molar-refractivity contribution is -0.146. The molecule has 4 heteroatoms. The van der Waals surface area contributed by atoms with Crippen LogP contribution in [0.5, 0.6) is 0 Å². The second kappa shape index (κ2) is 8.02. The highest BCUT2D eigenvalue weighted by Gasteiger charge is 2.25. The molecule has 1 unspecified atom stereocenters. The molecule has 20 heavy (non-hydrogen) atoms. The minimum Gasteiger partial charge on any atom is -0.466 e. The summed E-state index contributed by atoms with van der Waals surface area (Å²) in [5.74, 6) is -0.244. The van der Waals surface area contributed by atoms with E-state index in [2.05, 4.69) is 5.32 Å². The third kappa shape index (κ3) is 4.05. The number of carbonyl (C=O) groups excluding carboxylic acids is 1. The van der Waals surface area contributed by atoms with E-state index in [0.717, 1.165) is 11.1 Å². The molecule has 2 atom stereocenters. The highest BCUT2D eigenvalue weighted by molar-refractivity contribution is 5.78. The van der Waals surface area contributed by atoms with Crippen molar-refractivity contribution in [3.63, 3.8) is 0 Å². The highest BCUT2D eigenvalue weighted by Crippen LogP contribution is 2.27. The van der Waals surface area contributed by atoms with Crippen LogP contribution in [0.4, 0.5) is 0 Å². The van der Waals surface area contributed by atoms with Gasteiger partial charge in [-0.2, -0.15) is 0 Å². The summed E-state index contributed by atoms with van der Waals surface area (Å²) in [6.45, 7) is 6.28. The van der Waals surface area contributed by atoms with Crippen molar-refractivity contribution in [2.24, 2.45) is 5.92 Å². The maximum atomic E-state index is 12.0. The Labute approximate surface area is 121 Å². The van der Waals surface area contributed by atoms with Crippen molar-refractivity contribution in [1.29, 1.82) is 0 Å². The Morgan fingerprint density at radius 3 is 2.20 bits per heavy atom. The Morgan fingerprint density at radius 1 is 1.25 bits per heavy atom. The average Bonchev–Trinajstić information content (AvgIpc) is 2.42. The molecule has 0 aromatic heterocycles. The minimum atomic E-state index is -0.244. The third-order valence-electron chi connectivity index (χ3n) is 3.44. The topological polar surface area (TPSA) is 58.6 Å². The molecule has 0 heterocycles. The van der Waals surface area contributed by atoms with Crippen molar-refractivity contribution in [2.45, 2.75) is 32.7 Å². The van der Waals surface area contributed by atoms with Gasteiger partial charge in [0.2, 0.25) is 0 Å². The molecule has 0 saturated carbocycles. The number of carbonyl (C=O) groups is 1. The predicted octanol–water partition coefficient (Wildman–Crippen LogP) is 2.24. The van der Waals surface area contributed by atoms with Gasteiger partial charge in [-0.3, -0.25) is 4.79 Å². The first-order valence-electron chi connectivity index (χ1n) is 7.09. The van der Waals surface area contributed by atoms with E-state index in [1.165, 1.54) is 0 Å². The Bertz CT molecular complexity index is 410. The fourth-order valence-electron chi connectivity index (χ4n) is 2.32. The van der Waals surface area contributed by atoms with Gasteiger partial charge in [-0.25, -0.2) is 0 Å². The van der Waals surface area contributed by atoms with Crippen LogP contribution in [0.1, 0.15) is 43.9 Å². The number of esters is 1. The first-order valence-corrected chi connectivity index (χ1v) is 7.09. The number of aliphatic hydroxyl groups excluding tert-OH is 1. The van der Waals surface area contributed by atoms with Crippen LogP contribution in [0.25, 0.3) is 0 Å². The zero-order valence-corrected chi connectivity index (χ0v) is 12.7. The summed E-state index contributed by atoms with van der Waals surface area (Å²) in [7, 11) is 1.81. The standard InChI is InChI=1S/C16H25NO3/c1-5-20-16(19)15(11(2)3)13-8-6-12(7-9-13)14(10-18)17-4/h6-9,11,14-15,17-18H,5,10H2,1-4H3/t14-,15?/m1/s1. The van der Waals surface area contributed by atoms with Crippen LogP contribution in [-0.2, 0) is 9.53 Å². The number of likely N-dealkylation sites (N-methyl/N-ethyl adjacent to an activating group) is 1. The highest BCUT2D eigenvalue weighted by atomic mass is 16.5. The maximum absolute atomic E-state index is 12.0. The Kier molecular flexibility index (Phi) is 6.68. The SMILES string of the molecule is CCOC(=O)C(c1ccc([C@@H](CO)NC)cc1)C(C)C. The largest absolute Gasteiger partial charge is 0.466 e. The first-order chi connectivity index (χ1) is 9.54. The van der Waals surface area contributed by atoms with Crippen molar-refractivity contribution in [2.75, 3.05) is 20.3 Å². The van der Waals surface area contributed by atoms with E-state index in [-0.39, 0.29) is 30.5 Å². The molecule has 4 nitrogen and oxygen atoms in total. The van der Waals surface area contributed by atoms with E-state index < -0.39 is 0 Å². The molecule has 1 aromatic carbocycles. The fourth-order valence-corrected chi connectivity index (χ4v) is 2.32. The minimum absolute atomic E-state index is 0.0430. The zero-order valence-electron chi connectivity index (χ0n) is 12.7. The van der Waals surface area contributed by atoms with E-state index in [1.54, 1.807) is 0 Å². The number of nitrogens with one attached hydrogen (secondary N) is 1. The molecule has 0 spiro atoms. The van der Waals surface area contributed by atoms with Crippen molar-refractivity contribution in [1.82, 2.24) is 5.32 Å². The van der Waals surface area contributed by atoms with Crippen LogP contribution >= 0.6 is 0 Å². The summed E-state index contributed by atoms with van der Waals surface area (Å²) in [4.78, 5) is 12.0. The van der Waals surface area contributed by atoms with Crippen LogP contribution in [-0.4, -0.2) is 31.3 Å². The quantitative estimate of drug-likeness (QED) is 0.752. The monoisotopic (exact) mass is 279 g/mol. The zero-order chi connectivity index (χ0) is 15.1. The number of aliphatic hydroxyl groups is 1. The van der Waals surface area contributed by atoms with Crippen molar-refractivity contribution >= 4 is 5.97 Å². The van der Waals surface area contributed by atoms with Crippen LogP contribution in [0.3, 0.4) is 0 Å². The molecule has 0 aliphatic rings. The van der Waals surface area contributed by atoms with E-state index in [4.69, 9.17) is 4.74 Å². The van der Waals surface area contributed by atoms with Gasteiger partial charge in [0.25, 0.3) is 0 Å². The van der Waals surface area contributed by atoms with Crippen molar-refractivity contribution in [3.8, 4) is 0 Å². The average molecular weight is 279 g/mol. The van der Waals surface area contributed by atoms with Crippen molar-refractivity contribution in [3.05, 3.63) is 35.4 Å². The third-order valence-corrected chi connectivity index (χ3v) is 3.44. The fraction of sp³-hybridized carbons (Fsp3) is 0.562. The molecule has 1 aromatic rings. The van der Waals surface area contributed by atoms with Gasteiger partial charge in [-0.1, -0.05) is 38.1 Å². The lowest BCUT2D eigenvalue weighted by atomic mass is 9.87. The van der Waals surface area contributed by atoms with E-state index in [0.29, 0.717) is 6.61 Å². The van der Waals surface area contributed by atoms with Gasteiger partial charge in [0, 0.05) is 0 Å². The van der Waals surface area contributed by atoms with Crippen LogP contribution in [0, 0.1) is 5.92 Å². The summed E-state index contributed by atoms with van der Waals surface area (Å²) in [5.41, 5.74) is 1.96. The molecule has 0 amide bonds. The van der Waals surface area contributed by atoms with Gasteiger partial charge in [0.05, 0.1) is 25.2 Å². The molecule has 0 saturated heterocycles.